The first-order valence-corrected chi connectivity index (χ1v) is 6.55. The summed E-state index contributed by atoms with van der Waals surface area (Å²) in [5, 5.41) is 9.10. The van der Waals surface area contributed by atoms with Crippen molar-refractivity contribution in [3.05, 3.63) is 53.3 Å². The maximum absolute atomic E-state index is 14.0. The third-order valence-electron chi connectivity index (χ3n) is 3.11. The van der Waals surface area contributed by atoms with Crippen LogP contribution < -0.4 is 15.2 Å². The molecule has 2 aromatic carbocycles. The lowest BCUT2D eigenvalue weighted by atomic mass is 10.1. The molecule has 4 nitrogen and oxygen atoms in total. The van der Waals surface area contributed by atoms with Gasteiger partial charge in [0.1, 0.15) is 0 Å². The van der Waals surface area contributed by atoms with E-state index in [2.05, 4.69) is 0 Å². The molecule has 0 saturated carbocycles. The first-order valence-electron chi connectivity index (χ1n) is 6.55. The van der Waals surface area contributed by atoms with E-state index in [4.69, 9.17) is 20.3 Å². The number of benzene rings is 2. The topological polar surface area (TPSA) is 64.7 Å². The van der Waals surface area contributed by atoms with Gasteiger partial charge in [-0.25, -0.2) is 4.39 Å². The molecular formula is C16H18FNO3. The molecular weight excluding hydrogens is 273 g/mol. The molecule has 0 fully saturated rings. The van der Waals surface area contributed by atoms with Crippen LogP contribution in [-0.2, 0) is 6.61 Å². The van der Waals surface area contributed by atoms with E-state index >= 15 is 0 Å². The molecule has 0 aromatic heterocycles. The number of aliphatic hydroxyl groups excluding tert-OH is 1. The maximum atomic E-state index is 14.0. The Hall–Kier alpha value is -2.11. The van der Waals surface area contributed by atoms with Gasteiger partial charge in [-0.3, -0.25) is 0 Å². The lowest BCUT2D eigenvalue weighted by Crippen LogP contribution is -2.05. The highest BCUT2D eigenvalue weighted by atomic mass is 19.1. The molecule has 0 bridgehead atoms. The van der Waals surface area contributed by atoms with Crippen LogP contribution in [0.3, 0.4) is 0 Å². The van der Waals surface area contributed by atoms with Crippen molar-refractivity contribution in [2.45, 2.75) is 19.6 Å². The van der Waals surface area contributed by atoms with Crippen molar-refractivity contribution in [3.63, 3.8) is 0 Å². The summed E-state index contributed by atoms with van der Waals surface area (Å²) in [5.74, 6) is 0.409. The van der Waals surface area contributed by atoms with Gasteiger partial charge in [-0.15, -0.1) is 0 Å². The van der Waals surface area contributed by atoms with Gasteiger partial charge in [-0.2, -0.15) is 0 Å². The Balaban J connectivity index is 2.29. The Morgan fingerprint density at radius 3 is 2.43 bits per heavy atom. The minimum Gasteiger partial charge on any atom is -0.493 e. The number of rotatable bonds is 5. The summed E-state index contributed by atoms with van der Waals surface area (Å²) in [6, 6.07) is 9.32. The zero-order valence-corrected chi connectivity index (χ0v) is 12.0. The van der Waals surface area contributed by atoms with Gasteiger partial charge in [0.2, 0.25) is 0 Å². The summed E-state index contributed by atoms with van der Waals surface area (Å²) in [7, 11) is 1.49. The van der Waals surface area contributed by atoms with E-state index in [1.807, 2.05) is 0 Å². The van der Waals surface area contributed by atoms with E-state index in [0.29, 0.717) is 22.6 Å². The monoisotopic (exact) mass is 291 g/mol. The number of ether oxygens (including phenoxy) is 2. The van der Waals surface area contributed by atoms with Gasteiger partial charge in [0.15, 0.2) is 23.1 Å². The first-order chi connectivity index (χ1) is 10.0. The van der Waals surface area contributed by atoms with Crippen molar-refractivity contribution in [3.8, 4) is 17.2 Å². The molecule has 0 heterocycles. The van der Waals surface area contributed by atoms with Gasteiger partial charge in [-0.05, 0) is 42.3 Å². The highest BCUT2D eigenvalue weighted by Crippen LogP contribution is 2.34. The number of aliphatic hydroxyl groups is 1. The summed E-state index contributed by atoms with van der Waals surface area (Å²) in [4.78, 5) is 0. The predicted molar refractivity (Wildman–Crippen MR) is 78.0 cm³/mol. The van der Waals surface area contributed by atoms with Crippen molar-refractivity contribution in [2.75, 3.05) is 7.11 Å². The number of halogens is 1. The van der Waals surface area contributed by atoms with E-state index in [-0.39, 0.29) is 18.4 Å². The molecule has 1 unspecified atom stereocenters. The van der Waals surface area contributed by atoms with Crippen LogP contribution in [0.2, 0.25) is 0 Å². The molecule has 0 saturated heterocycles. The van der Waals surface area contributed by atoms with Crippen LogP contribution in [-0.4, -0.2) is 12.2 Å². The van der Waals surface area contributed by atoms with E-state index < -0.39 is 5.82 Å². The Bertz CT molecular complexity index is 629. The largest absolute Gasteiger partial charge is 0.493 e. The summed E-state index contributed by atoms with van der Waals surface area (Å²) in [6.07, 6.45) is 0. The van der Waals surface area contributed by atoms with Gasteiger partial charge in [0, 0.05) is 6.04 Å². The van der Waals surface area contributed by atoms with E-state index in [0.717, 1.165) is 0 Å². The first kappa shape index (κ1) is 15.3. The Morgan fingerprint density at radius 1 is 1.14 bits per heavy atom. The highest BCUT2D eigenvalue weighted by molar-refractivity contribution is 5.46. The third kappa shape index (κ3) is 3.51. The van der Waals surface area contributed by atoms with Gasteiger partial charge in [-0.1, -0.05) is 12.1 Å². The lowest BCUT2D eigenvalue weighted by Gasteiger charge is -2.13. The van der Waals surface area contributed by atoms with E-state index in [1.165, 1.54) is 19.2 Å². The maximum Gasteiger partial charge on any atom is 0.169 e. The molecule has 0 aliphatic rings. The zero-order chi connectivity index (χ0) is 15.4. The van der Waals surface area contributed by atoms with Crippen LogP contribution in [0.25, 0.3) is 0 Å². The Kier molecular flexibility index (Phi) is 4.77. The molecule has 112 valence electrons. The van der Waals surface area contributed by atoms with Crippen LogP contribution in [0, 0.1) is 5.82 Å². The second-order valence-corrected chi connectivity index (χ2v) is 4.72. The molecule has 2 rings (SSSR count). The molecule has 2 aromatic rings. The number of nitrogens with two attached hydrogens (primary N) is 1. The second kappa shape index (κ2) is 6.56. The van der Waals surface area contributed by atoms with Gasteiger partial charge in [0.25, 0.3) is 0 Å². The van der Waals surface area contributed by atoms with E-state index in [9.17, 15) is 4.39 Å². The Morgan fingerprint density at radius 2 is 1.86 bits per heavy atom. The standard InChI is InChI=1S/C16H18FNO3/c1-10(18)12-4-6-14(13(17)8-12)21-15-5-3-11(9-19)7-16(15)20-2/h3-8,10,19H,9,18H2,1-2H3. The molecule has 21 heavy (non-hydrogen) atoms. The fraction of sp³-hybridized carbons (Fsp3) is 0.250. The summed E-state index contributed by atoms with van der Waals surface area (Å²) in [6.45, 7) is 1.68. The average molecular weight is 291 g/mol. The minimum absolute atomic E-state index is 0.0921. The highest BCUT2D eigenvalue weighted by Gasteiger charge is 2.11. The number of methoxy groups -OCH3 is 1. The van der Waals surface area contributed by atoms with Crippen molar-refractivity contribution >= 4 is 0 Å². The molecule has 0 aliphatic carbocycles. The quantitative estimate of drug-likeness (QED) is 0.888. The third-order valence-corrected chi connectivity index (χ3v) is 3.11. The molecule has 3 N–H and O–H groups in total. The second-order valence-electron chi connectivity index (χ2n) is 4.72. The van der Waals surface area contributed by atoms with Crippen molar-refractivity contribution < 1.29 is 19.0 Å². The van der Waals surface area contributed by atoms with Crippen LogP contribution >= 0.6 is 0 Å². The summed E-state index contributed by atoms with van der Waals surface area (Å²) >= 11 is 0. The van der Waals surface area contributed by atoms with Crippen molar-refractivity contribution in [1.82, 2.24) is 0 Å². The van der Waals surface area contributed by atoms with Crippen molar-refractivity contribution in [1.29, 1.82) is 0 Å². The number of hydrogen-bond donors (Lipinski definition) is 2. The number of hydrogen-bond acceptors (Lipinski definition) is 4. The van der Waals surface area contributed by atoms with E-state index in [1.54, 1.807) is 31.2 Å². The van der Waals surface area contributed by atoms with Crippen LogP contribution in [0.1, 0.15) is 24.1 Å². The fourth-order valence-corrected chi connectivity index (χ4v) is 1.90. The Labute approximate surface area is 122 Å². The smallest absolute Gasteiger partial charge is 0.169 e. The fourth-order valence-electron chi connectivity index (χ4n) is 1.90. The van der Waals surface area contributed by atoms with Crippen LogP contribution in [0.4, 0.5) is 4.39 Å². The average Bonchev–Trinajstić information content (AvgIpc) is 2.49. The van der Waals surface area contributed by atoms with Crippen LogP contribution in [0.15, 0.2) is 36.4 Å². The van der Waals surface area contributed by atoms with Gasteiger partial charge >= 0.3 is 0 Å². The zero-order valence-electron chi connectivity index (χ0n) is 12.0. The lowest BCUT2D eigenvalue weighted by molar-refractivity contribution is 0.280. The molecule has 5 heteroatoms. The van der Waals surface area contributed by atoms with Crippen LogP contribution in [0.5, 0.6) is 17.2 Å². The molecule has 0 radical (unpaired) electrons. The molecule has 0 spiro atoms. The summed E-state index contributed by atoms with van der Waals surface area (Å²) < 4.78 is 24.7. The molecule has 1 atom stereocenters. The predicted octanol–water partition coefficient (Wildman–Crippen LogP) is 3.14. The minimum atomic E-state index is -0.488. The van der Waals surface area contributed by atoms with Gasteiger partial charge < -0.3 is 20.3 Å². The normalized spacial score (nSPS) is 12.0. The van der Waals surface area contributed by atoms with Crippen molar-refractivity contribution in [2.24, 2.45) is 5.73 Å². The molecule has 0 amide bonds. The molecule has 0 aliphatic heterocycles. The SMILES string of the molecule is COc1cc(CO)ccc1Oc1ccc(C(C)N)cc1F. The summed E-state index contributed by atoms with van der Waals surface area (Å²) in [5.41, 5.74) is 7.10. The van der Waals surface area contributed by atoms with Gasteiger partial charge in [0.05, 0.1) is 13.7 Å².